The molecule has 32 heavy (non-hydrogen) atoms. The number of hydrogen-bond donors (Lipinski definition) is 0. The molecule has 6 heteroatoms. The van der Waals surface area contributed by atoms with Gasteiger partial charge in [-0.3, -0.25) is 0 Å². The summed E-state index contributed by atoms with van der Waals surface area (Å²) in [6, 6.07) is 8.65. The molecule has 2 aliphatic heterocycles. The Morgan fingerprint density at radius 3 is 1.84 bits per heavy atom. The van der Waals surface area contributed by atoms with E-state index in [2.05, 4.69) is 24.3 Å². The Labute approximate surface area is 191 Å². The van der Waals surface area contributed by atoms with E-state index in [1.54, 1.807) is 0 Å². The van der Waals surface area contributed by atoms with E-state index in [1.807, 2.05) is 0 Å². The first-order chi connectivity index (χ1) is 15.8. The van der Waals surface area contributed by atoms with Crippen molar-refractivity contribution >= 4 is 0 Å². The van der Waals surface area contributed by atoms with Crippen LogP contribution < -0.4 is 4.74 Å². The first kappa shape index (κ1) is 22.6. The largest absolute Gasteiger partial charge is 0.468 e. The fraction of sp³-hybridized carbons (Fsp3) is 0.769. The van der Waals surface area contributed by atoms with Crippen molar-refractivity contribution < 1.29 is 28.4 Å². The van der Waals surface area contributed by atoms with Crippen molar-refractivity contribution in [2.24, 2.45) is 11.8 Å². The standard InChI is InChI=1S/C26H38O6/c1-2-20(22-7-11-24(12-8-22)32-18-28-14-26-16-30-26)4-3-19(1)21-5-9-23(10-6-21)31-17-27-13-25-15-29-25/h5-6,9-10,19-20,22,24-26H,1-4,7-8,11-18H2. The molecule has 5 rings (SSSR count). The van der Waals surface area contributed by atoms with Gasteiger partial charge in [0.25, 0.3) is 0 Å². The SMILES string of the molecule is c1cc(C2CCC(C3CCC(OCOCC4CO4)CC3)CC2)ccc1OCOCC1CO1. The Hall–Kier alpha value is -1.18. The van der Waals surface area contributed by atoms with E-state index in [1.165, 1.54) is 56.9 Å². The quantitative estimate of drug-likeness (QED) is 0.264. The molecule has 2 aliphatic carbocycles. The second-order valence-corrected chi connectivity index (χ2v) is 9.92. The molecule has 0 radical (unpaired) electrons. The molecule has 4 aliphatic rings. The van der Waals surface area contributed by atoms with Crippen molar-refractivity contribution in [1.82, 2.24) is 0 Å². The third-order valence-electron chi connectivity index (χ3n) is 7.62. The van der Waals surface area contributed by atoms with Gasteiger partial charge in [-0.1, -0.05) is 12.1 Å². The van der Waals surface area contributed by atoms with E-state index in [0.717, 1.165) is 30.8 Å². The molecule has 0 amide bonds. The van der Waals surface area contributed by atoms with Gasteiger partial charge in [-0.15, -0.1) is 0 Å². The molecule has 0 spiro atoms. The van der Waals surface area contributed by atoms with Crippen LogP contribution in [0, 0.1) is 11.8 Å². The molecule has 2 unspecified atom stereocenters. The summed E-state index contributed by atoms with van der Waals surface area (Å²) >= 11 is 0. The van der Waals surface area contributed by atoms with Gasteiger partial charge in [0.05, 0.1) is 32.5 Å². The molecule has 2 heterocycles. The van der Waals surface area contributed by atoms with Gasteiger partial charge in [0.2, 0.25) is 0 Å². The molecule has 2 atom stereocenters. The zero-order valence-corrected chi connectivity index (χ0v) is 19.1. The minimum atomic E-state index is 0.284. The van der Waals surface area contributed by atoms with Crippen LogP contribution in [0.5, 0.6) is 5.75 Å². The minimum absolute atomic E-state index is 0.284. The van der Waals surface area contributed by atoms with Crippen LogP contribution in [0.15, 0.2) is 24.3 Å². The Morgan fingerprint density at radius 1 is 0.688 bits per heavy atom. The normalized spacial score (nSPS) is 34.2. The number of epoxide rings is 2. The summed E-state index contributed by atoms with van der Waals surface area (Å²) in [6.07, 6.45) is 11.3. The second-order valence-electron chi connectivity index (χ2n) is 9.92. The first-order valence-electron chi connectivity index (χ1n) is 12.6. The molecule has 2 saturated heterocycles. The molecule has 1 aromatic rings. The lowest BCUT2D eigenvalue weighted by Gasteiger charge is -2.38. The zero-order valence-electron chi connectivity index (χ0n) is 19.1. The Kier molecular flexibility index (Phi) is 7.98. The molecule has 0 N–H and O–H groups in total. The van der Waals surface area contributed by atoms with Crippen LogP contribution in [-0.4, -0.2) is 58.3 Å². The molecule has 0 aromatic heterocycles. The third kappa shape index (κ3) is 6.91. The van der Waals surface area contributed by atoms with Crippen molar-refractivity contribution in [1.29, 1.82) is 0 Å². The highest BCUT2D eigenvalue weighted by atomic mass is 16.7. The maximum atomic E-state index is 5.92. The van der Waals surface area contributed by atoms with Crippen molar-refractivity contribution in [3.05, 3.63) is 29.8 Å². The Bertz CT molecular complexity index is 670. The molecule has 4 fully saturated rings. The number of hydrogen-bond acceptors (Lipinski definition) is 6. The lowest BCUT2D eigenvalue weighted by Crippen LogP contribution is -2.28. The van der Waals surface area contributed by atoms with Gasteiger partial charge >= 0.3 is 0 Å². The summed E-state index contributed by atoms with van der Waals surface area (Å²) in [5.74, 6) is 3.35. The van der Waals surface area contributed by atoms with Gasteiger partial charge in [-0.05, 0) is 86.8 Å². The fourth-order valence-corrected chi connectivity index (χ4v) is 5.43. The van der Waals surface area contributed by atoms with E-state index in [-0.39, 0.29) is 6.10 Å². The third-order valence-corrected chi connectivity index (χ3v) is 7.62. The predicted molar refractivity (Wildman–Crippen MR) is 120 cm³/mol. The average Bonchev–Trinajstić information content (AvgIpc) is 3.76. The first-order valence-corrected chi connectivity index (χ1v) is 12.6. The molecule has 2 saturated carbocycles. The van der Waals surface area contributed by atoms with Crippen LogP contribution in [-0.2, 0) is 23.7 Å². The van der Waals surface area contributed by atoms with Crippen LogP contribution in [0.4, 0.5) is 0 Å². The molecular formula is C26H38O6. The molecule has 1 aromatic carbocycles. The lowest BCUT2D eigenvalue weighted by molar-refractivity contribution is -0.106. The number of rotatable bonds is 12. The maximum Gasteiger partial charge on any atom is 0.189 e. The van der Waals surface area contributed by atoms with E-state index >= 15 is 0 Å². The molecule has 0 bridgehead atoms. The minimum Gasteiger partial charge on any atom is -0.468 e. The molecule has 6 nitrogen and oxygen atoms in total. The summed E-state index contributed by atoms with van der Waals surface area (Å²) in [7, 11) is 0. The van der Waals surface area contributed by atoms with E-state index < -0.39 is 0 Å². The van der Waals surface area contributed by atoms with Crippen LogP contribution in [0.1, 0.15) is 62.8 Å². The second kappa shape index (κ2) is 11.3. The van der Waals surface area contributed by atoms with E-state index in [9.17, 15) is 0 Å². The summed E-state index contributed by atoms with van der Waals surface area (Å²) in [6.45, 7) is 3.68. The maximum absolute atomic E-state index is 5.92. The van der Waals surface area contributed by atoms with Crippen molar-refractivity contribution in [3.8, 4) is 5.75 Å². The van der Waals surface area contributed by atoms with E-state index in [0.29, 0.717) is 44.9 Å². The Morgan fingerprint density at radius 2 is 1.25 bits per heavy atom. The lowest BCUT2D eigenvalue weighted by atomic mass is 9.69. The van der Waals surface area contributed by atoms with Gasteiger partial charge < -0.3 is 28.4 Å². The van der Waals surface area contributed by atoms with Crippen molar-refractivity contribution in [2.75, 3.05) is 40.0 Å². The summed E-state index contributed by atoms with van der Waals surface area (Å²) in [5, 5.41) is 0. The van der Waals surface area contributed by atoms with Gasteiger partial charge in [-0.2, -0.15) is 0 Å². The van der Waals surface area contributed by atoms with Crippen molar-refractivity contribution in [2.45, 2.75) is 75.6 Å². The summed E-state index contributed by atoms with van der Waals surface area (Å²) in [5.41, 5.74) is 1.46. The summed E-state index contributed by atoms with van der Waals surface area (Å²) < 4.78 is 32.9. The van der Waals surface area contributed by atoms with Crippen molar-refractivity contribution in [3.63, 3.8) is 0 Å². The molecular weight excluding hydrogens is 408 g/mol. The Balaban J connectivity index is 0.966. The fourth-order valence-electron chi connectivity index (χ4n) is 5.43. The average molecular weight is 447 g/mol. The van der Waals surface area contributed by atoms with Gasteiger partial charge in [0, 0.05) is 0 Å². The van der Waals surface area contributed by atoms with Crippen LogP contribution in [0.2, 0.25) is 0 Å². The number of benzene rings is 1. The van der Waals surface area contributed by atoms with Gasteiger partial charge in [-0.25, -0.2) is 0 Å². The zero-order chi connectivity index (χ0) is 21.6. The monoisotopic (exact) mass is 446 g/mol. The van der Waals surface area contributed by atoms with Crippen LogP contribution in [0.3, 0.4) is 0 Å². The number of ether oxygens (including phenoxy) is 6. The van der Waals surface area contributed by atoms with Gasteiger partial charge in [0.15, 0.2) is 6.79 Å². The smallest absolute Gasteiger partial charge is 0.189 e. The molecule has 178 valence electrons. The highest BCUT2D eigenvalue weighted by Gasteiger charge is 2.31. The van der Waals surface area contributed by atoms with Crippen LogP contribution in [0.25, 0.3) is 0 Å². The highest BCUT2D eigenvalue weighted by Crippen LogP contribution is 2.43. The van der Waals surface area contributed by atoms with Crippen LogP contribution >= 0.6 is 0 Å². The van der Waals surface area contributed by atoms with E-state index in [4.69, 9.17) is 28.4 Å². The predicted octanol–water partition coefficient (Wildman–Crippen LogP) is 4.66. The topological polar surface area (TPSA) is 62.0 Å². The summed E-state index contributed by atoms with van der Waals surface area (Å²) in [4.78, 5) is 0. The highest BCUT2D eigenvalue weighted by molar-refractivity contribution is 5.29. The van der Waals surface area contributed by atoms with Gasteiger partial charge in [0.1, 0.15) is 24.8 Å².